The van der Waals surface area contributed by atoms with Gasteiger partial charge in [-0.1, -0.05) is 29.8 Å². The number of rotatable bonds is 5. The van der Waals surface area contributed by atoms with Crippen molar-refractivity contribution < 1.29 is 9.90 Å². The average molecular weight is 315 g/mol. The van der Waals surface area contributed by atoms with Gasteiger partial charge in [0.1, 0.15) is 5.75 Å². The minimum Gasteiger partial charge on any atom is -0.507 e. The quantitative estimate of drug-likeness (QED) is 0.504. The third-order valence-electron chi connectivity index (χ3n) is 2.99. The van der Waals surface area contributed by atoms with Crippen LogP contribution >= 0.6 is 11.6 Å². The Hall–Kier alpha value is -2.59. The van der Waals surface area contributed by atoms with Gasteiger partial charge >= 0.3 is 0 Å². The lowest BCUT2D eigenvalue weighted by Crippen LogP contribution is -2.17. The van der Waals surface area contributed by atoms with Gasteiger partial charge in [-0.25, -0.2) is 5.43 Å². The van der Waals surface area contributed by atoms with Crippen LogP contribution in [0.1, 0.15) is 21.5 Å². The molecule has 0 radical (unpaired) electrons. The van der Waals surface area contributed by atoms with E-state index in [9.17, 15) is 9.90 Å². The van der Waals surface area contributed by atoms with E-state index in [1.165, 1.54) is 6.21 Å². The summed E-state index contributed by atoms with van der Waals surface area (Å²) in [5.74, 6) is -0.221. The molecule has 0 atom stereocenters. The average Bonchev–Trinajstić information content (AvgIpc) is 2.51. The van der Waals surface area contributed by atoms with Crippen molar-refractivity contribution in [3.8, 4) is 5.75 Å². The Morgan fingerprint density at radius 2 is 2.00 bits per heavy atom. The van der Waals surface area contributed by atoms with Crippen molar-refractivity contribution in [3.05, 3.63) is 76.8 Å². The summed E-state index contributed by atoms with van der Waals surface area (Å²) < 4.78 is 0. The number of para-hydroxylation sites is 1. The van der Waals surface area contributed by atoms with Gasteiger partial charge in [-0.2, -0.15) is 5.10 Å². The normalized spacial score (nSPS) is 10.6. The predicted molar refractivity (Wildman–Crippen MR) is 88.5 cm³/mol. The molecule has 0 heterocycles. The van der Waals surface area contributed by atoms with E-state index < -0.39 is 0 Å². The number of amides is 1. The summed E-state index contributed by atoms with van der Waals surface area (Å²) in [6.07, 6.45) is 3.67. The zero-order chi connectivity index (χ0) is 15.9. The van der Waals surface area contributed by atoms with Crippen LogP contribution in [-0.2, 0) is 6.42 Å². The lowest BCUT2D eigenvalue weighted by molar-refractivity contribution is 0.0955. The van der Waals surface area contributed by atoms with E-state index in [4.69, 9.17) is 11.6 Å². The topological polar surface area (TPSA) is 61.7 Å². The minimum atomic E-state index is -0.352. The first kappa shape index (κ1) is 15.8. The number of benzene rings is 2. The molecule has 0 fully saturated rings. The van der Waals surface area contributed by atoms with Crippen molar-refractivity contribution in [2.45, 2.75) is 6.42 Å². The van der Waals surface area contributed by atoms with Gasteiger partial charge in [-0.15, -0.1) is 6.58 Å². The smallest absolute Gasteiger partial charge is 0.271 e. The van der Waals surface area contributed by atoms with E-state index in [-0.39, 0.29) is 11.7 Å². The summed E-state index contributed by atoms with van der Waals surface area (Å²) in [5, 5.41) is 14.5. The lowest BCUT2D eigenvalue weighted by Gasteiger charge is -2.04. The Bertz CT molecular complexity index is 709. The highest BCUT2D eigenvalue weighted by molar-refractivity contribution is 6.30. The van der Waals surface area contributed by atoms with Gasteiger partial charge in [0.2, 0.25) is 0 Å². The number of aromatic hydroxyl groups is 1. The van der Waals surface area contributed by atoms with Crippen molar-refractivity contribution in [2.24, 2.45) is 5.10 Å². The van der Waals surface area contributed by atoms with E-state index in [1.54, 1.807) is 48.5 Å². The molecule has 0 saturated carbocycles. The summed E-state index contributed by atoms with van der Waals surface area (Å²) in [4.78, 5) is 11.9. The molecule has 2 rings (SSSR count). The third-order valence-corrected chi connectivity index (χ3v) is 3.24. The molecule has 4 nitrogen and oxygen atoms in total. The van der Waals surface area contributed by atoms with Crippen molar-refractivity contribution in [1.29, 1.82) is 0 Å². The molecular weight excluding hydrogens is 300 g/mol. The largest absolute Gasteiger partial charge is 0.507 e. The van der Waals surface area contributed by atoms with Gasteiger partial charge < -0.3 is 5.11 Å². The Kier molecular flexibility index (Phi) is 5.33. The second kappa shape index (κ2) is 7.43. The number of hydrazone groups is 1. The molecule has 0 aliphatic rings. The Labute approximate surface area is 133 Å². The summed E-state index contributed by atoms with van der Waals surface area (Å²) in [6.45, 7) is 3.64. The van der Waals surface area contributed by atoms with Gasteiger partial charge in [0, 0.05) is 16.1 Å². The second-order valence-corrected chi connectivity index (χ2v) is 4.99. The third kappa shape index (κ3) is 3.96. The van der Waals surface area contributed by atoms with Crippen LogP contribution in [0.25, 0.3) is 0 Å². The van der Waals surface area contributed by atoms with Gasteiger partial charge in [-0.05, 0) is 42.3 Å². The number of nitrogens with zero attached hydrogens (tertiary/aromatic N) is 1. The van der Waals surface area contributed by atoms with Crippen LogP contribution in [0.4, 0.5) is 0 Å². The van der Waals surface area contributed by atoms with Crippen LogP contribution in [0, 0.1) is 0 Å². The monoisotopic (exact) mass is 314 g/mol. The zero-order valence-electron chi connectivity index (χ0n) is 11.8. The van der Waals surface area contributed by atoms with Crippen LogP contribution in [-0.4, -0.2) is 17.2 Å². The molecule has 0 unspecified atom stereocenters. The highest BCUT2D eigenvalue weighted by Gasteiger charge is 2.05. The SMILES string of the molecule is C=CCc1cccc(/C=N/NC(=O)c2ccc(Cl)cc2)c1O. The fourth-order valence-corrected chi connectivity index (χ4v) is 1.99. The van der Waals surface area contributed by atoms with Crippen LogP contribution in [0.3, 0.4) is 0 Å². The Balaban J connectivity index is 2.06. The van der Waals surface area contributed by atoms with Crippen LogP contribution < -0.4 is 5.43 Å². The van der Waals surface area contributed by atoms with E-state index in [2.05, 4.69) is 17.1 Å². The van der Waals surface area contributed by atoms with E-state index in [0.29, 0.717) is 22.6 Å². The maximum atomic E-state index is 11.9. The molecule has 112 valence electrons. The first-order valence-electron chi connectivity index (χ1n) is 6.62. The molecule has 0 bridgehead atoms. The molecule has 2 aromatic carbocycles. The van der Waals surface area contributed by atoms with Gasteiger partial charge in [0.15, 0.2) is 0 Å². The predicted octanol–water partition coefficient (Wildman–Crippen LogP) is 3.54. The number of carbonyl (C=O) groups is 1. The minimum absolute atomic E-state index is 0.131. The number of phenolic OH excluding ortho intramolecular Hbond substituents is 1. The number of allylic oxidation sites excluding steroid dienone is 1. The molecule has 0 aromatic heterocycles. The molecule has 0 aliphatic carbocycles. The molecule has 0 spiro atoms. The fraction of sp³-hybridized carbons (Fsp3) is 0.0588. The van der Waals surface area contributed by atoms with Crippen molar-refractivity contribution in [3.63, 3.8) is 0 Å². The summed E-state index contributed by atoms with van der Waals surface area (Å²) in [6, 6.07) is 11.8. The molecule has 1 amide bonds. The standard InChI is InChI=1S/C17H15ClN2O2/c1-2-4-12-5-3-6-14(16(12)21)11-19-20-17(22)13-7-9-15(18)10-8-13/h2-3,5-11,21H,1,4H2,(H,20,22)/b19-11+. The van der Waals surface area contributed by atoms with Crippen LogP contribution in [0.5, 0.6) is 5.75 Å². The van der Waals surface area contributed by atoms with Crippen LogP contribution in [0.15, 0.2) is 60.2 Å². The summed E-state index contributed by atoms with van der Waals surface area (Å²) in [7, 11) is 0. The number of carbonyl (C=O) groups excluding carboxylic acids is 1. The van der Waals surface area contributed by atoms with E-state index >= 15 is 0 Å². The Morgan fingerprint density at radius 3 is 2.68 bits per heavy atom. The number of hydrogen-bond acceptors (Lipinski definition) is 3. The molecule has 22 heavy (non-hydrogen) atoms. The lowest BCUT2D eigenvalue weighted by atomic mass is 10.1. The number of phenols is 1. The fourth-order valence-electron chi connectivity index (χ4n) is 1.86. The Morgan fingerprint density at radius 1 is 1.27 bits per heavy atom. The molecule has 0 saturated heterocycles. The van der Waals surface area contributed by atoms with Gasteiger partial charge in [0.05, 0.1) is 6.21 Å². The first-order valence-corrected chi connectivity index (χ1v) is 7.00. The maximum Gasteiger partial charge on any atom is 0.271 e. The second-order valence-electron chi connectivity index (χ2n) is 4.55. The number of nitrogens with one attached hydrogen (secondary N) is 1. The zero-order valence-corrected chi connectivity index (χ0v) is 12.5. The van der Waals surface area contributed by atoms with E-state index in [0.717, 1.165) is 5.56 Å². The highest BCUT2D eigenvalue weighted by Crippen LogP contribution is 2.21. The molecule has 5 heteroatoms. The van der Waals surface area contributed by atoms with Gasteiger partial charge in [0.25, 0.3) is 5.91 Å². The summed E-state index contributed by atoms with van der Waals surface area (Å²) in [5.41, 5.74) is 4.13. The van der Waals surface area contributed by atoms with Crippen LogP contribution in [0.2, 0.25) is 5.02 Å². The van der Waals surface area contributed by atoms with Crippen molar-refractivity contribution in [2.75, 3.05) is 0 Å². The maximum absolute atomic E-state index is 11.9. The van der Waals surface area contributed by atoms with Crippen molar-refractivity contribution >= 4 is 23.7 Å². The first-order chi connectivity index (χ1) is 10.6. The van der Waals surface area contributed by atoms with E-state index in [1.807, 2.05) is 0 Å². The molecular formula is C17H15ClN2O2. The highest BCUT2D eigenvalue weighted by atomic mass is 35.5. The van der Waals surface area contributed by atoms with Crippen molar-refractivity contribution in [1.82, 2.24) is 5.43 Å². The number of hydrogen-bond donors (Lipinski definition) is 2. The molecule has 0 aliphatic heterocycles. The number of halogens is 1. The van der Waals surface area contributed by atoms with Gasteiger partial charge in [-0.3, -0.25) is 4.79 Å². The molecule has 2 aromatic rings. The summed E-state index contributed by atoms with van der Waals surface area (Å²) >= 11 is 5.76. The molecule has 2 N–H and O–H groups in total.